The average molecular weight is 258 g/mol. The van der Waals surface area contributed by atoms with Gasteiger partial charge in [-0.15, -0.1) is 0 Å². The third-order valence-corrected chi connectivity index (χ3v) is 2.69. The van der Waals surface area contributed by atoms with Gasteiger partial charge >= 0.3 is 0 Å². The van der Waals surface area contributed by atoms with E-state index in [-0.39, 0.29) is 5.69 Å². The van der Waals surface area contributed by atoms with E-state index in [0.29, 0.717) is 11.8 Å². The number of hydrogen-bond acceptors (Lipinski definition) is 4. The van der Waals surface area contributed by atoms with Gasteiger partial charge in [-0.1, -0.05) is 32.0 Å². The molecule has 19 heavy (non-hydrogen) atoms. The van der Waals surface area contributed by atoms with Gasteiger partial charge in [0.15, 0.2) is 0 Å². The molecule has 98 valence electrons. The lowest BCUT2D eigenvalue weighted by Crippen LogP contribution is -1.95. The van der Waals surface area contributed by atoms with Gasteiger partial charge in [0, 0.05) is 12.1 Å². The molecular weight excluding hydrogens is 244 g/mol. The highest BCUT2D eigenvalue weighted by Crippen LogP contribution is 2.29. The van der Waals surface area contributed by atoms with E-state index < -0.39 is 4.92 Å². The van der Waals surface area contributed by atoms with E-state index in [1.54, 1.807) is 0 Å². The van der Waals surface area contributed by atoms with Crippen molar-refractivity contribution < 1.29 is 9.66 Å². The van der Waals surface area contributed by atoms with Gasteiger partial charge in [0.05, 0.1) is 4.92 Å². The minimum atomic E-state index is -0.487. The molecule has 5 nitrogen and oxygen atoms in total. The Bertz CT molecular complexity index is 579. The topological polar surface area (TPSA) is 65.3 Å². The number of pyridine rings is 1. The lowest BCUT2D eigenvalue weighted by Gasteiger charge is -2.12. The lowest BCUT2D eigenvalue weighted by atomic mass is 10.0. The summed E-state index contributed by atoms with van der Waals surface area (Å²) >= 11 is 0. The van der Waals surface area contributed by atoms with Gasteiger partial charge in [-0.05, 0) is 17.5 Å². The third-order valence-electron chi connectivity index (χ3n) is 2.69. The van der Waals surface area contributed by atoms with E-state index in [0.717, 1.165) is 11.3 Å². The van der Waals surface area contributed by atoms with Crippen LogP contribution in [0.25, 0.3) is 0 Å². The molecule has 2 aromatic rings. The van der Waals surface area contributed by atoms with E-state index in [1.165, 1.54) is 18.3 Å². The summed E-state index contributed by atoms with van der Waals surface area (Å²) in [4.78, 5) is 14.0. The fourth-order valence-corrected chi connectivity index (χ4v) is 1.70. The molecule has 0 bridgehead atoms. The molecule has 0 unspecified atom stereocenters. The minimum Gasteiger partial charge on any atom is -0.439 e. The first kappa shape index (κ1) is 13.0. The van der Waals surface area contributed by atoms with Crippen molar-refractivity contribution in [2.24, 2.45) is 0 Å². The maximum absolute atomic E-state index is 10.5. The molecule has 0 aliphatic carbocycles. The van der Waals surface area contributed by atoms with Gasteiger partial charge in [-0.3, -0.25) is 10.1 Å². The first-order valence-electron chi connectivity index (χ1n) is 5.95. The van der Waals surface area contributed by atoms with Crippen molar-refractivity contribution in [3.63, 3.8) is 0 Å². The normalized spacial score (nSPS) is 10.5. The molecule has 0 N–H and O–H groups in total. The van der Waals surface area contributed by atoms with Crippen molar-refractivity contribution in [1.29, 1.82) is 0 Å². The van der Waals surface area contributed by atoms with Crippen LogP contribution < -0.4 is 4.74 Å². The number of aromatic nitrogens is 1. The first-order chi connectivity index (χ1) is 9.08. The zero-order chi connectivity index (χ0) is 13.8. The van der Waals surface area contributed by atoms with E-state index in [9.17, 15) is 10.1 Å². The van der Waals surface area contributed by atoms with Crippen molar-refractivity contribution >= 4 is 5.69 Å². The number of benzene rings is 1. The Balaban J connectivity index is 2.24. The van der Waals surface area contributed by atoms with Crippen LogP contribution in [0.2, 0.25) is 0 Å². The Morgan fingerprint density at radius 1 is 1.21 bits per heavy atom. The van der Waals surface area contributed by atoms with Gasteiger partial charge in [0.1, 0.15) is 11.9 Å². The Labute approximate surface area is 111 Å². The third kappa shape index (κ3) is 3.07. The molecule has 0 spiro atoms. The summed E-state index contributed by atoms with van der Waals surface area (Å²) in [5.41, 5.74) is 1.02. The highest BCUT2D eigenvalue weighted by Gasteiger charge is 2.10. The zero-order valence-corrected chi connectivity index (χ0v) is 10.7. The number of ether oxygens (including phenoxy) is 1. The molecule has 0 saturated carbocycles. The van der Waals surface area contributed by atoms with Crippen molar-refractivity contribution in [2.75, 3.05) is 0 Å². The Hall–Kier alpha value is -2.43. The predicted octanol–water partition coefficient (Wildman–Crippen LogP) is 3.91. The van der Waals surface area contributed by atoms with Crippen molar-refractivity contribution in [3.05, 3.63) is 58.3 Å². The molecular formula is C14H14N2O3. The molecule has 2 rings (SSSR count). The fourth-order valence-electron chi connectivity index (χ4n) is 1.70. The Morgan fingerprint density at radius 3 is 2.53 bits per heavy atom. The van der Waals surface area contributed by atoms with Gasteiger partial charge in [0.25, 0.3) is 5.69 Å². The largest absolute Gasteiger partial charge is 0.439 e. The van der Waals surface area contributed by atoms with Crippen LogP contribution in [-0.2, 0) is 0 Å². The van der Waals surface area contributed by atoms with E-state index in [1.807, 2.05) is 24.3 Å². The second-order valence-electron chi connectivity index (χ2n) is 4.41. The molecule has 0 saturated heterocycles. The standard InChI is InChI=1S/C14H14N2O3/c1-10(2)12-5-3-4-6-13(12)19-14-8-7-11(9-15-14)16(17)18/h3-10H,1-2H3. The van der Waals surface area contributed by atoms with Gasteiger partial charge in [-0.25, -0.2) is 4.98 Å². The predicted molar refractivity (Wildman–Crippen MR) is 71.5 cm³/mol. The number of hydrogen-bond donors (Lipinski definition) is 0. The average Bonchev–Trinajstić information content (AvgIpc) is 2.39. The monoisotopic (exact) mass is 258 g/mol. The maximum atomic E-state index is 10.5. The molecule has 1 aromatic heterocycles. The van der Waals surface area contributed by atoms with Crippen LogP contribution in [0.4, 0.5) is 5.69 Å². The van der Waals surface area contributed by atoms with Crippen LogP contribution in [0.3, 0.4) is 0 Å². The molecule has 0 amide bonds. The summed E-state index contributed by atoms with van der Waals surface area (Å²) in [6.07, 6.45) is 1.19. The van der Waals surface area contributed by atoms with Gasteiger partial charge < -0.3 is 4.74 Å². The minimum absolute atomic E-state index is 0.0514. The summed E-state index contributed by atoms with van der Waals surface area (Å²) in [5, 5.41) is 10.5. The molecule has 0 radical (unpaired) electrons. The number of rotatable bonds is 4. The molecule has 0 fully saturated rings. The van der Waals surface area contributed by atoms with Crippen LogP contribution in [0.5, 0.6) is 11.6 Å². The van der Waals surface area contributed by atoms with Crippen LogP contribution >= 0.6 is 0 Å². The molecule has 0 aliphatic rings. The maximum Gasteiger partial charge on any atom is 0.287 e. The second kappa shape index (κ2) is 5.48. The zero-order valence-electron chi connectivity index (χ0n) is 10.7. The summed E-state index contributed by atoms with van der Waals surface area (Å²) < 4.78 is 5.67. The Morgan fingerprint density at radius 2 is 1.95 bits per heavy atom. The van der Waals surface area contributed by atoms with Gasteiger partial charge in [0.2, 0.25) is 5.88 Å². The summed E-state index contributed by atoms with van der Waals surface area (Å²) in [6.45, 7) is 4.15. The van der Waals surface area contributed by atoms with Crippen molar-refractivity contribution in [2.45, 2.75) is 19.8 Å². The molecule has 0 aliphatic heterocycles. The molecule has 1 heterocycles. The van der Waals surface area contributed by atoms with Gasteiger partial charge in [-0.2, -0.15) is 0 Å². The first-order valence-corrected chi connectivity index (χ1v) is 5.95. The number of nitro groups is 1. The number of nitrogens with zero attached hydrogens (tertiary/aromatic N) is 2. The van der Waals surface area contributed by atoms with Crippen LogP contribution in [0.1, 0.15) is 25.3 Å². The summed E-state index contributed by atoms with van der Waals surface area (Å²) in [5.74, 6) is 1.40. The van der Waals surface area contributed by atoms with Crippen molar-refractivity contribution in [3.8, 4) is 11.6 Å². The fraction of sp³-hybridized carbons (Fsp3) is 0.214. The highest BCUT2D eigenvalue weighted by atomic mass is 16.6. The number of para-hydroxylation sites is 1. The van der Waals surface area contributed by atoms with E-state index in [4.69, 9.17) is 4.74 Å². The summed E-state index contributed by atoms with van der Waals surface area (Å²) in [7, 11) is 0. The molecule has 1 aromatic carbocycles. The van der Waals surface area contributed by atoms with Crippen molar-refractivity contribution in [1.82, 2.24) is 4.98 Å². The molecule has 5 heteroatoms. The SMILES string of the molecule is CC(C)c1ccccc1Oc1ccc([N+](=O)[O-])cn1. The van der Waals surface area contributed by atoms with E-state index in [2.05, 4.69) is 18.8 Å². The Kier molecular flexibility index (Phi) is 3.75. The second-order valence-corrected chi connectivity index (χ2v) is 4.41. The molecule has 0 atom stereocenters. The quantitative estimate of drug-likeness (QED) is 0.616. The van der Waals surface area contributed by atoms with E-state index >= 15 is 0 Å². The summed E-state index contributed by atoms with van der Waals surface area (Å²) in [6, 6.07) is 10.6. The highest BCUT2D eigenvalue weighted by molar-refractivity contribution is 5.39. The van der Waals surface area contributed by atoms with Crippen LogP contribution in [0, 0.1) is 10.1 Å². The van der Waals surface area contributed by atoms with Crippen LogP contribution in [-0.4, -0.2) is 9.91 Å². The smallest absolute Gasteiger partial charge is 0.287 e. The van der Waals surface area contributed by atoms with Crippen LogP contribution in [0.15, 0.2) is 42.6 Å². The lowest BCUT2D eigenvalue weighted by molar-refractivity contribution is -0.385.